The molecule has 2 aromatic rings. The van der Waals surface area contributed by atoms with Gasteiger partial charge in [-0.05, 0) is 37.0 Å². The van der Waals surface area contributed by atoms with Crippen molar-refractivity contribution in [3.05, 3.63) is 28.7 Å². The lowest BCUT2D eigenvalue weighted by atomic mass is 9.93. The molecule has 0 spiro atoms. The van der Waals surface area contributed by atoms with Crippen LogP contribution in [0, 0.1) is 5.92 Å². The van der Waals surface area contributed by atoms with Crippen molar-refractivity contribution in [2.45, 2.75) is 45.1 Å². The molecule has 0 radical (unpaired) electrons. The maximum atomic E-state index is 12.8. The van der Waals surface area contributed by atoms with E-state index < -0.39 is 6.04 Å². The fourth-order valence-corrected chi connectivity index (χ4v) is 4.38. The van der Waals surface area contributed by atoms with Gasteiger partial charge in [0.25, 0.3) is 0 Å². The summed E-state index contributed by atoms with van der Waals surface area (Å²) in [5.74, 6) is 0.558. The molecule has 1 aromatic carbocycles. The molecule has 1 saturated heterocycles. The van der Waals surface area contributed by atoms with E-state index in [0.717, 1.165) is 35.7 Å². The predicted octanol–water partition coefficient (Wildman–Crippen LogP) is 2.44. The fourth-order valence-electron chi connectivity index (χ4n) is 4.38. The van der Waals surface area contributed by atoms with E-state index in [9.17, 15) is 14.4 Å². The summed E-state index contributed by atoms with van der Waals surface area (Å²) in [6, 6.07) is 5.54. The number of carbonyl (C=O) groups is 2. The third-order valence-electron chi connectivity index (χ3n) is 6.05. The van der Waals surface area contributed by atoms with Crippen molar-refractivity contribution in [1.29, 1.82) is 0 Å². The van der Waals surface area contributed by atoms with Crippen LogP contribution in [-0.4, -0.2) is 33.8 Å². The molecular weight excluding hydrogens is 330 g/mol. The van der Waals surface area contributed by atoms with Crippen LogP contribution in [0.4, 0.5) is 5.69 Å². The lowest BCUT2D eigenvalue weighted by Crippen LogP contribution is -2.34. The van der Waals surface area contributed by atoms with Crippen LogP contribution >= 0.6 is 0 Å². The molecule has 2 heterocycles. The molecule has 1 saturated carbocycles. The Morgan fingerprint density at radius 1 is 1.12 bits per heavy atom. The number of rotatable bonds is 3. The molecule has 26 heavy (non-hydrogen) atoms. The summed E-state index contributed by atoms with van der Waals surface area (Å²) in [6.07, 6.45) is 3.12. The molecule has 138 valence electrons. The third kappa shape index (κ3) is 2.68. The number of hydrogen-bond donors (Lipinski definition) is 0. The van der Waals surface area contributed by atoms with E-state index >= 15 is 0 Å². The summed E-state index contributed by atoms with van der Waals surface area (Å²) < 4.78 is 3.21. The van der Waals surface area contributed by atoms with Gasteiger partial charge in [-0.3, -0.25) is 18.7 Å². The predicted molar refractivity (Wildman–Crippen MR) is 101 cm³/mol. The average Bonchev–Trinajstić information content (AvgIpc) is 3.20. The summed E-state index contributed by atoms with van der Waals surface area (Å²) in [7, 11) is 1.75. The summed E-state index contributed by atoms with van der Waals surface area (Å²) >= 11 is 0. The molecule has 1 unspecified atom stereocenters. The monoisotopic (exact) mass is 355 g/mol. The number of fused-ring (bicyclic) bond motifs is 1. The van der Waals surface area contributed by atoms with Gasteiger partial charge in [-0.1, -0.05) is 13.3 Å². The lowest BCUT2D eigenvalue weighted by molar-refractivity contribution is -0.132. The van der Waals surface area contributed by atoms with Gasteiger partial charge in [0.05, 0.1) is 23.5 Å². The van der Waals surface area contributed by atoms with Crippen LogP contribution in [0.2, 0.25) is 0 Å². The fraction of sp³-hybridized carbons (Fsp3) is 0.550. The van der Waals surface area contributed by atoms with Crippen molar-refractivity contribution in [2.24, 2.45) is 13.0 Å². The number of ketones is 2. The highest BCUT2D eigenvalue weighted by molar-refractivity contribution is 6.03. The number of benzene rings is 1. The maximum absolute atomic E-state index is 12.8. The van der Waals surface area contributed by atoms with Crippen LogP contribution in [0.1, 0.15) is 45.1 Å². The molecule has 6 heteroatoms. The van der Waals surface area contributed by atoms with Crippen LogP contribution in [0.15, 0.2) is 23.0 Å². The number of Topliss-reactive ketones (excluding diaryl/α,β-unsaturated/α-hetero) is 2. The van der Waals surface area contributed by atoms with Gasteiger partial charge in [-0.15, -0.1) is 0 Å². The third-order valence-corrected chi connectivity index (χ3v) is 6.05. The smallest absolute Gasteiger partial charge is 0.329 e. The highest BCUT2D eigenvalue weighted by Crippen LogP contribution is 2.30. The summed E-state index contributed by atoms with van der Waals surface area (Å²) in [6.45, 7) is 4.33. The van der Waals surface area contributed by atoms with Gasteiger partial charge < -0.3 is 4.90 Å². The van der Waals surface area contributed by atoms with Crippen LogP contribution in [0.3, 0.4) is 0 Å². The highest BCUT2D eigenvalue weighted by atomic mass is 16.2. The number of carbonyl (C=O) groups excluding carboxylic acids is 2. The van der Waals surface area contributed by atoms with Crippen LogP contribution < -0.4 is 10.6 Å². The Morgan fingerprint density at radius 3 is 2.62 bits per heavy atom. The number of hydrogen-bond acceptors (Lipinski definition) is 4. The molecule has 2 fully saturated rings. The largest absolute Gasteiger partial charge is 0.371 e. The zero-order valence-electron chi connectivity index (χ0n) is 15.4. The SMILES string of the molecule is CC[C@H]1CCN(c2ccc3c(c2)n(C)c(=O)n3C2CCC(=O)CC2=O)C1. The van der Waals surface area contributed by atoms with Crippen molar-refractivity contribution < 1.29 is 9.59 Å². The van der Waals surface area contributed by atoms with Gasteiger partial charge in [0.1, 0.15) is 5.78 Å². The number of nitrogens with zero attached hydrogens (tertiary/aromatic N) is 3. The summed E-state index contributed by atoms with van der Waals surface area (Å²) in [4.78, 5) is 39.1. The molecule has 1 aliphatic heterocycles. The first kappa shape index (κ1) is 17.1. The summed E-state index contributed by atoms with van der Waals surface area (Å²) in [5.41, 5.74) is 2.57. The van der Waals surface area contributed by atoms with E-state index in [1.54, 1.807) is 16.2 Å². The minimum atomic E-state index is -0.522. The Bertz CT molecular complexity index is 940. The molecule has 0 bridgehead atoms. The molecule has 2 atom stereocenters. The lowest BCUT2D eigenvalue weighted by Gasteiger charge is -2.21. The number of aryl methyl sites for hydroxylation is 1. The zero-order chi connectivity index (χ0) is 18.4. The average molecular weight is 355 g/mol. The van der Waals surface area contributed by atoms with Gasteiger partial charge in [0.2, 0.25) is 0 Å². The molecule has 0 N–H and O–H groups in total. The first-order valence-corrected chi connectivity index (χ1v) is 9.50. The van der Waals surface area contributed by atoms with E-state index in [1.165, 1.54) is 12.8 Å². The Morgan fingerprint density at radius 2 is 1.92 bits per heavy atom. The van der Waals surface area contributed by atoms with E-state index in [1.807, 2.05) is 6.07 Å². The van der Waals surface area contributed by atoms with Crippen molar-refractivity contribution in [1.82, 2.24) is 9.13 Å². The van der Waals surface area contributed by atoms with Gasteiger partial charge in [0, 0.05) is 32.2 Å². The Labute approximate surface area is 152 Å². The Kier molecular flexibility index (Phi) is 4.21. The second kappa shape index (κ2) is 6.41. The van der Waals surface area contributed by atoms with E-state index in [2.05, 4.69) is 24.0 Å². The minimum Gasteiger partial charge on any atom is -0.371 e. The van der Waals surface area contributed by atoms with Crippen LogP contribution in [0.5, 0.6) is 0 Å². The quantitative estimate of drug-likeness (QED) is 0.794. The van der Waals surface area contributed by atoms with Crippen molar-refractivity contribution in [2.75, 3.05) is 18.0 Å². The standard InChI is InChI=1S/C20H25N3O3/c1-3-13-8-9-22(12-13)14-4-6-16-18(10-14)21(2)20(26)23(16)17-7-5-15(24)11-19(17)25/h4,6,10,13,17H,3,5,7-9,11-12H2,1-2H3/t13-,17?/m0/s1. The minimum absolute atomic E-state index is 0.0265. The van der Waals surface area contributed by atoms with E-state index in [-0.39, 0.29) is 23.7 Å². The number of aromatic nitrogens is 2. The van der Waals surface area contributed by atoms with Gasteiger partial charge in [-0.2, -0.15) is 0 Å². The van der Waals surface area contributed by atoms with Crippen molar-refractivity contribution in [3.8, 4) is 0 Å². The van der Waals surface area contributed by atoms with Crippen LogP contribution in [0.25, 0.3) is 11.0 Å². The van der Waals surface area contributed by atoms with Crippen molar-refractivity contribution >= 4 is 28.3 Å². The first-order chi connectivity index (χ1) is 12.5. The molecular formula is C20H25N3O3. The zero-order valence-corrected chi connectivity index (χ0v) is 15.4. The second-order valence-corrected chi connectivity index (χ2v) is 7.63. The van der Waals surface area contributed by atoms with E-state index in [4.69, 9.17) is 0 Å². The summed E-state index contributed by atoms with van der Waals surface area (Å²) in [5, 5.41) is 0. The Hall–Kier alpha value is -2.37. The molecule has 6 nitrogen and oxygen atoms in total. The van der Waals surface area contributed by atoms with Gasteiger partial charge in [0.15, 0.2) is 5.78 Å². The maximum Gasteiger partial charge on any atom is 0.329 e. The topological polar surface area (TPSA) is 64.3 Å². The van der Waals surface area contributed by atoms with Gasteiger partial charge in [-0.25, -0.2) is 4.79 Å². The molecule has 0 amide bonds. The van der Waals surface area contributed by atoms with Crippen LogP contribution in [-0.2, 0) is 16.6 Å². The molecule has 2 aliphatic rings. The molecule has 4 rings (SSSR count). The normalized spacial score (nSPS) is 24.0. The van der Waals surface area contributed by atoms with Gasteiger partial charge >= 0.3 is 5.69 Å². The molecule has 1 aliphatic carbocycles. The highest BCUT2D eigenvalue weighted by Gasteiger charge is 2.31. The molecule has 1 aromatic heterocycles. The first-order valence-electron chi connectivity index (χ1n) is 9.50. The number of imidazole rings is 1. The van der Waals surface area contributed by atoms with Crippen molar-refractivity contribution in [3.63, 3.8) is 0 Å². The van der Waals surface area contributed by atoms with E-state index in [0.29, 0.717) is 12.8 Å². The number of anilines is 1. The second-order valence-electron chi connectivity index (χ2n) is 7.63. The Balaban J connectivity index is 1.75.